The molecule has 2 aliphatic carbocycles. The largest absolute Gasteiger partial charge is 0.481 e. The van der Waals surface area contributed by atoms with Crippen molar-refractivity contribution in [3.63, 3.8) is 0 Å². The number of carbonyl (C=O) groups is 1. The Balaban J connectivity index is 2.14. The van der Waals surface area contributed by atoms with Gasteiger partial charge in [-0.15, -0.1) is 0 Å². The number of aliphatic hydroxyl groups is 1. The zero-order chi connectivity index (χ0) is 9.64. The molecule has 0 aromatic rings. The lowest BCUT2D eigenvalue weighted by Crippen LogP contribution is -2.36. The van der Waals surface area contributed by atoms with Crippen molar-refractivity contribution in [2.24, 2.45) is 23.2 Å². The number of hydrogen-bond acceptors (Lipinski definition) is 2. The molecule has 2 fully saturated rings. The van der Waals surface area contributed by atoms with Gasteiger partial charge in [-0.2, -0.15) is 0 Å². The lowest BCUT2D eigenvalue weighted by Gasteiger charge is -2.32. The molecule has 2 saturated carbocycles. The summed E-state index contributed by atoms with van der Waals surface area (Å²) in [6, 6.07) is 0. The van der Waals surface area contributed by atoms with E-state index in [2.05, 4.69) is 0 Å². The van der Waals surface area contributed by atoms with E-state index in [0.29, 0.717) is 17.8 Å². The number of aliphatic hydroxyl groups excluding tert-OH is 1. The standard InChI is InChI=1S/C10H16O3/c1-10(9(12)13)4-6-2-8(10)3-7(6)5-11/h6-8,11H,2-5H2,1H3,(H,12,13)/t6-,7+,8+,10-/m0/s1. The number of carboxylic acids is 1. The maximum atomic E-state index is 11.0. The predicted octanol–water partition coefficient (Wildman–Crippen LogP) is 1.12. The second-order valence-corrected chi connectivity index (χ2v) is 4.80. The summed E-state index contributed by atoms with van der Waals surface area (Å²) in [6.45, 7) is 2.09. The molecule has 3 heteroatoms. The minimum Gasteiger partial charge on any atom is -0.481 e. The first-order chi connectivity index (χ1) is 6.08. The number of aliphatic carboxylic acids is 1. The quantitative estimate of drug-likeness (QED) is 0.676. The van der Waals surface area contributed by atoms with Crippen molar-refractivity contribution in [2.75, 3.05) is 6.61 Å². The van der Waals surface area contributed by atoms with Crippen molar-refractivity contribution >= 4 is 5.97 Å². The minimum atomic E-state index is -0.656. The lowest BCUT2D eigenvalue weighted by molar-refractivity contribution is -0.151. The molecule has 0 spiro atoms. The molecule has 0 amide bonds. The molecular weight excluding hydrogens is 168 g/mol. The van der Waals surface area contributed by atoms with Gasteiger partial charge in [-0.1, -0.05) is 0 Å². The van der Waals surface area contributed by atoms with Gasteiger partial charge in [0.2, 0.25) is 0 Å². The van der Waals surface area contributed by atoms with Crippen LogP contribution >= 0.6 is 0 Å². The molecule has 0 unspecified atom stereocenters. The van der Waals surface area contributed by atoms with Gasteiger partial charge >= 0.3 is 5.97 Å². The van der Waals surface area contributed by atoms with E-state index in [4.69, 9.17) is 10.2 Å². The van der Waals surface area contributed by atoms with Crippen molar-refractivity contribution in [1.29, 1.82) is 0 Å². The van der Waals surface area contributed by atoms with E-state index in [1.54, 1.807) is 0 Å². The SMILES string of the molecule is C[C@]1(C(=O)O)C[C@@H]2C[C@@H]1C[C@@H]2CO. The maximum absolute atomic E-state index is 11.0. The number of carboxylic acid groups (broad SMARTS) is 1. The Morgan fingerprint density at radius 3 is 2.62 bits per heavy atom. The van der Waals surface area contributed by atoms with E-state index < -0.39 is 11.4 Å². The Kier molecular flexibility index (Phi) is 1.88. The normalized spacial score (nSPS) is 48.3. The van der Waals surface area contributed by atoms with E-state index in [-0.39, 0.29) is 6.61 Å². The van der Waals surface area contributed by atoms with Gasteiger partial charge in [0.25, 0.3) is 0 Å². The van der Waals surface area contributed by atoms with Crippen molar-refractivity contribution in [2.45, 2.75) is 26.2 Å². The highest BCUT2D eigenvalue weighted by atomic mass is 16.4. The summed E-state index contributed by atoms with van der Waals surface area (Å²) in [6.07, 6.45) is 2.68. The zero-order valence-corrected chi connectivity index (χ0v) is 7.86. The van der Waals surface area contributed by atoms with Gasteiger partial charge < -0.3 is 10.2 Å². The van der Waals surface area contributed by atoms with Crippen molar-refractivity contribution in [3.05, 3.63) is 0 Å². The number of rotatable bonds is 2. The fraction of sp³-hybridized carbons (Fsp3) is 0.900. The van der Waals surface area contributed by atoms with Crippen LogP contribution in [0.1, 0.15) is 26.2 Å². The highest BCUT2D eigenvalue weighted by Gasteiger charge is 2.55. The van der Waals surface area contributed by atoms with E-state index in [1.165, 1.54) is 0 Å². The van der Waals surface area contributed by atoms with Crippen LogP contribution in [-0.2, 0) is 4.79 Å². The van der Waals surface area contributed by atoms with Gasteiger partial charge in [0.15, 0.2) is 0 Å². The van der Waals surface area contributed by atoms with Crippen LogP contribution in [0.2, 0.25) is 0 Å². The van der Waals surface area contributed by atoms with E-state index in [0.717, 1.165) is 19.3 Å². The Morgan fingerprint density at radius 2 is 2.23 bits per heavy atom. The molecule has 2 rings (SSSR count). The van der Waals surface area contributed by atoms with Crippen LogP contribution in [0.15, 0.2) is 0 Å². The molecule has 13 heavy (non-hydrogen) atoms. The highest BCUT2D eigenvalue weighted by molar-refractivity contribution is 5.75. The second-order valence-electron chi connectivity index (χ2n) is 4.80. The fourth-order valence-corrected chi connectivity index (χ4v) is 3.18. The fourth-order valence-electron chi connectivity index (χ4n) is 3.18. The van der Waals surface area contributed by atoms with Crippen LogP contribution in [0, 0.1) is 23.2 Å². The van der Waals surface area contributed by atoms with Crippen LogP contribution < -0.4 is 0 Å². The minimum absolute atomic E-state index is 0.233. The number of hydrogen-bond donors (Lipinski definition) is 2. The van der Waals surface area contributed by atoms with Gasteiger partial charge in [0, 0.05) is 6.61 Å². The zero-order valence-electron chi connectivity index (χ0n) is 7.86. The molecule has 0 heterocycles. The van der Waals surface area contributed by atoms with Gasteiger partial charge in [0.1, 0.15) is 0 Å². The first-order valence-corrected chi connectivity index (χ1v) is 4.92. The topological polar surface area (TPSA) is 57.5 Å². The molecule has 0 aromatic carbocycles. The first-order valence-electron chi connectivity index (χ1n) is 4.92. The van der Waals surface area contributed by atoms with Crippen molar-refractivity contribution in [1.82, 2.24) is 0 Å². The van der Waals surface area contributed by atoms with Crippen LogP contribution in [0.25, 0.3) is 0 Å². The van der Waals surface area contributed by atoms with Gasteiger partial charge in [-0.05, 0) is 43.9 Å². The highest BCUT2D eigenvalue weighted by Crippen LogP contribution is 2.58. The Morgan fingerprint density at radius 1 is 1.54 bits per heavy atom. The molecule has 2 bridgehead atoms. The molecule has 2 N–H and O–H groups in total. The smallest absolute Gasteiger partial charge is 0.309 e. The monoisotopic (exact) mass is 184 g/mol. The lowest BCUT2D eigenvalue weighted by atomic mass is 9.72. The van der Waals surface area contributed by atoms with E-state index in [9.17, 15) is 4.79 Å². The molecule has 0 radical (unpaired) electrons. The maximum Gasteiger partial charge on any atom is 0.309 e. The summed E-state index contributed by atoms with van der Waals surface area (Å²) in [5.41, 5.74) is -0.504. The van der Waals surface area contributed by atoms with Gasteiger partial charge in [-0.3, -0.25) is 4.79 Å². The third-order valence-corrected chi connectivity index (χ3v) is 4.15. The van der Waals surface area contributed by atoms with Crippen LogP contribution in [0.4, 0.5) is 0 Å². The van der Waals surface area contributed by atoms with Crippen LogP contribution in [0.5, 0.6) is 0 Å². The average Bonchev–Trinajstić information content (AvgIpc) is 2.60. The molecule has 0 aromatic heterocycles. The Bertz CT molecular complexity index is 238. The predicted molar refractivity (Wildman–Crippen MR) is 47.1 cm³/mol. The van der Waals surface area contributed by atoms with Crippen molar-refractivity contribution in [3.8, 4) is 0 Å². The molecule has 4 atom stereocenters. The summed E-state index contributed by atoms with van der Waals surface area (Å²) in [4.78, 5) is 11.0. The van der Waals surface area contributed by atoms with E-state index in [1.807, 2.05) is 6.92 Å². The molecule has 0 aliphatic heterocycles. The van der Waals surface area contributed by atoms with E-state index >= 15 is 0 Å². The number of fused-ring (bicyclic) bond motifs is 2. The second kappa shape index (κ2) is 2.71. The van der Waals surface area contributed by atoms with Crippen molar-refractivity contribution < 1.29 is 15.0 Å². The van der Waals surface area contributed by atoms with Gasteiger partial charge in [-0.25, -0.2) is 0 Å². The summed E-state index contributed by atoms with van der Waals surface area (Å²) in [5.74, 6) is 0.470. The first kappa shape index (κ1) is 9.00. The molecule has 74 valence electrons. The third kappa shape index (κ3) is 1.10. The van der Waals surface area contributed by atoms with Crippen LogP contribution in [0.3, 0.4) is 0 Å². The summed E-state index contributed by atoms with van der Waals surface area (Å²) in [5, 5.41) is 18.1. The third-order valence-electron chi connectivity index (χ3n) is 4.15. The van der Waals surface area contributed by atoms with Gasteiger partial charge in [0.05, 0.1) is 5.41 Å². The molecule has 3 nitrogen and oxygen atoms in total. The summed E-state index contributed by atoms with van der Waals surface area (Å²) < 4.78 is 0. The summed E-state index contributed by atoms with van der Waals surface area (Å²) >= 11 is 0. The molecule has 2 aliphatic rings. The van der Waals surface area contributed by atoms with Crippen LogP contribution in [-0.4, -0.2) is 22.8 Å². The molecular formula is C10H16O3. The molecule has 0 saturated heterocycles. The Labute approximate surface area is 77.8 Å². The average molecular weight is 184 g/mol. The summed E-state index contributed by atoms with van der Waals surface area (Å²) in [7, 11) is 0. The Hall–Kier alpha value is -0.570.